The number of hydrogen-bond acceptors (Lipinski definition) is 8. The Bertz CT molecular complexity index is 1360. The van der Waals surface area contributed by atoms with Gasteiger partial charge in [-0.05, 0) is 108 Å². The van der Waals surface area contributed by atoms with E-state index in [1.807, 2.05) is 0 Å². The van der Waals surface area contributed by atoms with Crippen LogP contribution < -0.4 is 5.32 Å². The molecule has 0 saturated heterocycles. The number of fused-ring (bicyclic) bond motifs is 7. The molecule has 44 heavy (non-hydrogen) atoms. The summed E-state index contributed by atoms with van der Waals surface area (Å²) in [6, 6.07) is 0.144. The molecule has 1 aromatic heterocycles. The molecule has 9 heteroatoms. The third-order valence-electron chi connectivity index (χ3n) is 13.5. The average Bonchev–Trinajstić information content (AvgIpc) is 3.47. The van der Waals surface area contributed by atoms with E-state index in [9.17, 15) is 19.6 Å². The molecule has 0 unspecified atom stereocenters. The van der Waals surface area contributed by atoms with E-state index < -0.39 is 11.4 Å². The number of ketones is 1. The van der Waals surface area contributed by atoms with Gasteiger partial charge in [0, 0.05) is 20.3 Å². The minimum absolute atomic E-state index is 0.0464. The van der Waals surface area contributed by atoms with E-state index in [-0.39, 0.29) is 46.8 Å². The topological polar surface area (TPSA) is 132 Å². The van der Waals surface area contributed by atoms with Crippen molar-refractivity contribution in [1.29, 1.82) is 0 Å². The molecule has 0 spiro atoms. The number of nitrogens with one attached hydrogen (secondary N) is 1. The van der Waals surface area contributed by atoms with Crippen molar-refractivity contribution in [3.05, 3.63) is 17.0 Å². The van der Waals surface area contributed by atoms with E-state index in [4.69, 9.17) is 4.42 Å². The monoisotopic (exact) mass is 611 g/mol. The first kappa shape index (κ1) is 32.8. The van der Waals surface area contributed by atoms with Crippen LogP contribution in [-0.4, -0.2) is 33.1 Å². The molecular weight excluding hydrogens is 558 g/mol. The molecule has 5 aliphatic rings. The Hall–Kier alpha value is -2.55. The van der Waals surface area contributed by atoms with Crippen molar-refractivity contribution in [2.45, 2.75) is 127 Å². The van der Waals surface area contributed by atoms with E-state index in [0.717, 1.165) is 29.9 Å². The number of aryl methyl sites for hydroxylation is 1. The van der Waals surface area contributed by atoms with Gasteiger partial charge in [-0.25, -0.2) is 4.79 Å². The lowest BCUT2D eigenvalue weighted by molar-refractivity contribution is -0.250. The van der Waals surface area contributed by atoms with Crippen LogP contribution in [0.3, 0.4) is 0 Å². The first-order valence-corrected chi connectivity index (χ1v) is 16.7. The fourth-order valence-electron chi connectivity index (χ4n) is 11.5. The van der Waals surface area contributed by atoms with Crippen molar-refractivity contribution < 1.29 is 28.9 Å². The van der Waals surface area contributed by atoms with E-state index in [1.165, 1.54) is 45.4 Å². The van der Waals surface area contributed by atoms with Crippen LogP contribution in [0.4, 0.5) is 6.01 Å². The van der Waals surface area contributed by atoms with Gasteiger partial charge in [-0.2, -0.15) is 5.26 Å². The van der Waals surface area contributed by atoms with Crippen molar-refractivity contribution in [2.75, 3.05) is 5.32 Å². The molecule has 0 aliphatic heterocycles. The van der Waals surface area contributed by atoms with Gasteiger partial charge in [0.25, 0.3) is 0 Å². The Morgan fingerprint density at radius 3 is 2.25 bits per heavy atom. The molecule has 244 valence electrons. The predicted octanol–water partition coefficient (Wildman–Crippen LogP) is 7.71. The van der Waals surface area contributed by atoms with Crippen LogP contribution in [0.15, 0.2) is 15.6 Å². The van der Waals surface area contributed by atoms with Crippen LogP contribution in [0, 0.1) is 57.7 Å². The van der Waals surface area contributed by atoms with Gasteiger partial charge in [-0.15, -0.1) is 5.10 Å². The van der Waals surface area contributed by atoms with E-state index in [0.29, 0.717) is 29.1 Å². The van der Waals surface area contributed by atoms with E-state index in [1.54, 1.807) is 6.92 Å². The summed E-state index contributed by atoms with van der Waals surface area (Å²) >= 11 is 0. The SMILES string of the molecule is CC(=O)Nc1nnc(C)o1.CC(C)C1=C2[C@H]3CC[C@@H]4[C@@]5(C)CCCC(C)(C)[C@@H]5CC[C@@]4(C)[C@]3(C)CC[C@@]2(C(=O)OO)CC1=O. The van der Waals surface area contributed by atoms with Gasteiger partial charge in [0.2, 0.25) is 11.8 Å². The summed E-state index contributed by atoms with van der Waals surface area (Å²) in [6.45, 7) is 19.9. The predicted molar refractivity (Wildman–Crippen MR) is 166 cm³/mol. The van der Waals surface area contributed by atoms with Crippen LogP contribution in [-0.2, 0) is 19.3 Å². The Kier molecular flexibility index (Phi) is 8.25. The molecule has 2 N–H and O–H groups in total. The molecular formula is C35H53N3O6. The molecule has 6 rings (SSSR count). The average molecular weight is 612 g/mol. The number of carbonyl (C=O) groups excluding carboxylic acids is 3. The van der Waals surface area contributed by atoms with E-state index >= 15 is 0 Å². The normalized spacial score (nSPS) is 38.9. The smallest absolute Gasteiger partial charge is 0.352 e. The number of Topliss-reactive ketones (excluding diaryl/α,β-unsaturated/α-hetero) is 1. The van der Waals surface area contributed by atoms with Crippen LogP contribution in [0.1, 0.15) is 125 Å². The van der Waals surface area contributed by atoms with Crippen LogP contribution in [0.5, 0.6) is 0 Å². The molecule has 0 radical (unpaired) electrons. The van der Waals surface area contributed by atoms with Gasteiger partial charge < -0.3 is 9.30 Å². The molecule has 1 amide bonds. The number of nitrogens with zero attached hydrogens (tertiary/aromatic N) is 2. The summed E-state index contributed by atoms with van der Waals surface area (Å²) in [4.78, 5) is 41.2. The molecule has 1 heterocycles. The van der Waals surface area contributed by atoms with Crippen LogP contribution in [0.2, 0.25) is 0 Å². The largest absolute Gasteiger partial charge is 0.408 e. The fraction of sp³-hybridized carbons (Fsp3) is 0.800. The molecule has 7 atom stereocenters. The highest BCUT2D eigenvalue weighted by Crippen LogP contribution is 2.76. The molecule has 0 bridgehead atoms. The highest BCUT2D eigenvalue weighted by atomic mass is 17.1. The highest BCUT2D eigenvalue weighted by molar-refractivity contribution is 6.05. The second-order valence-corrected chi connectivity index (χ2v) is 16.3. The summed E-state index contributed by atoms with van der Waals surface area (Å²) in [6.07, 6.45) is 10.5. The van der Waals surface area contributed by atoms with Crippen molar-refractivity contribution in [1.82, 2.24) is 10.2 Å². The minimum atomic E-state index is -0.952. The number of allylic oxidation sites excluding steroid dienone is 1. The van der Waals surface area contributed by atoms with Crippen LogP contribution in [0.25, 0.3) is 0 Å². The zero-order valence-corrected chi connectivity index (χ0v) is 28.3. The summed E-state index contributed by atoms with van der Waals surface area (Å²) < 4.78 is 4.84. The lowest BCUT2D eigenvalue weighted by Gasteiger charge is -2.71. The first-order valence-electron chi connectivity index (χ1n) is 16.7. The molecule has 5 aliphatic carbocycles. The number of aromatic nitrogens is 2. The second-order valence-electron chi connectivity index (χ2n) is 16.3. The summed E-state index contributed by atoms with van der Waals surface area (Å²) in [7, 11) is 0. The standard InChI is InChI=1S/C30H46O4.C5H7N3O2/c1-18(2)23-20(31)17-30(25(32)34-33)16-15-28(6)19(24(23)30)9-10-22-27(5)13-8-12-26(3,4)21(27)11-14-29(22,28)7;1-3(9)6-5-8-7-4(2)10-5/h18-19,21-22,33H,8-17H2,1-7H3;1-2H3,(H,6,8,9)/t19-,21+,22-,27+,28-,29-,30-;/m1./s1. The zero-order valence-electron chi connectivity index (χ0n) is 28.3. The Labute approximate surface area is 262 Å². The first-order chi connectivity index (χ1) is 20.5. The van der Waals surface area contributed by atoms with Crippen molar-refractivity contribution in [3.63, 3.8) is 0 Å². The summed E-state index contributed by atoms with van der Waals surface area (Å²) in [5.74, 6) is 1.45. The third kappa shape index (κ3) is 4.78. The summed E-state index contributed by atoms with van der Waals surface area (Å²) in [5.41, 5.74) is 1.96. The maximum absolute atomic E-state index is 13.3. The molecule has 4 saturated carbocycles. The van der Waals surface area contributed by atoms with Crippen LogP contribution >= 0.6 is 0 Å². The summed E-state index contributed by atoms with van der Waals surface area (Å²) in [5, 5.41) is 18.9. The molecule has 4 fully saturated rings. The van der Waals surface area contributed by atoms with Gasteiger partial charge in [0.15, 0.2) is 5.78 Å². The maximum Gasteiger partial charge on any atom is 0.352 e. The Morgan fingerprint density at radius 2 is 1.66 bits per heavy atom. The number of hydrogen-bond donors (Lipinski definition) is 2. The minimum Gasteiger partial charge on any atom is -0.408 e. The van der Waals surface area contributed by atoms with Gasteiger partial charge in [0.05, 0.1) is 0 Å². The molecule has 1 aromatic rings. The lowest BCUT2D eigenvalue weighted by atomic mass is 9.33. The molecule has 0 aromatic carbocycles. The van der Waals surface area contributed by atoms with Crippen molar-refractivity contribution in [3.8, 4) is 0 Å². The number of amides is 1. The number of anilines is 1. The van der Waals surface area contributed by atoms with Gasteiger partial charge >= 0.3 is 12.0 Å². The van der Waals surface area contributed by atoms with Gasteiger partial charge in [0.1, 0.15) is 5.41 Å². The molecule has 9 nitrogen and oxygen atoms in total. The Balaban J connectivity index is 0.000000328. The number of rotatable bonds is 3. The van der Waals surface area contributed by atoms with Crippen molar-refractivity contribution in [2.24, 2.45) is 50.7 Å². The van der Waals surface area contributed by atoms with E-state index in [2.05, 4.69) is 68.9 Å². The third-order valence-corrected chi connectivity index (χ3v) is 13.5. The second kappa shape index (κ2) is 11.1. The van der Waals surface area contributed by atoms with Gasteiger partial charge in [-0.3, -0.25) is 14.9 Å². The quantitative estimate of drug-likeness (QED) is 0.262. The highest BCUT2D eigenvalue weighted by Gasteiger charge is 2.70. The fourth-order valence-corrected chi connectivity index (χ4v) is 11.5. The van der Waals surface area contributed by atoms with Crippen molar-refractivity contribution >= 4 is 23.7 Å². The van der Waals surface area contributed by atoms with Gasteiger partial charge in [-0.1, -0.05) is 60.0 Å². The lowest BCUT2D eigenvalue weighted by Crippen LogP contribution is -2.64. The Morgan fingerprint density at radius 1 is 0.955 bits per heavy atom. The maximum atomic E-state index is 13.3. The number of carbonyl (C=O) groups is 3. The zero-order chi connectivity index (χ0) is 32.5.